The van der Waals surface area contributed by atoms with Gasteiger partial charge < -0.3 is 24.7 Å². The second kappa shape index (κ2) is 8.07. The van der Waals surface area contributed by atoms with E-state index in [1.54, 1.807) is 0 Å². The molecule has 2 aromatic carbocycles. The Labute approximate surface area is 179 Å². The number of urea groups is 1. The molecule has 0 atom stereocenters. The van der Waals surface area contributed by atoms with E-state index in [4.69, 9.17) is 26.1 Å². The minimum Gasteiger partial charge on any atom is -0.486 e. The summed E-state index contributed by atoms with van der Waals surface area (Å²) in [6, 6.07) is 11.7. The molecule has 30 heavy (non-hydrogen) atoms. The molecule has 7 nitrogen and oxygen atoms in total. The van der Waals surface area contributed by atoms with Gasteiger partial charge in [0, 0.05) is 25.6 Å². The van der Waals surface area contributed by atoms with Gasteiger partial charge in [-0.15, -0.1) is 0 Å². The Hall–Kier alpha value is -2.93. The average Bonchev–Trinajstić information content (AvgIpc) is 3.22. The first-order valence-corrected chi connectivity index (χ1v) is 10.6. The van der Waals surface area contributed by atoms with Crippen molar-refractivity contribution in [2.24, 2.45) is 0 Å². The number of carbonyl (C=O) groups excluding carboxylic acids is 1. The van der Waals surface area contributed by atoms with Crippen LogP contribution in [0.25, 0.3) is 11.0 Å². The molecule has 1 fully saturated rings. The second-order valence-corrected chi connectivity index (χ2v) is 8.07. The molecule has 0 unspecified atom stereocenters. The highest BCUT2D eigenvalue weighted by molar-refractivity contribution is 6.32. The third-order valence-electron chi connectivity index (χ3n) is 5.68. The molecule has 1 aromatic heterocycles. The molecule has 0 aliphatic carbocycles. The highest BCUT2D eigenvalue weighted by Gasteiger charge is 2.26. The van der Waals surface area contributed by atoms with Crippen molar-refractivity contribution in [2.75, 3.05) is 26.3 Å². The minimum absolute atomic E-state index is 0.0657. The number of likely N-dealkylation sites (tertiary alicyclic amines) is 1. The maximum absolute atomic E-state index is 12.6. The number of H-pyrrole nitrogens is 1. The number of aromatic amines is 1. The molecule has 2 aliphatic rings. The lowest BCUT2D eigenvalue weighted by Crippen LogP contribution is -2.43. The molecule has 2 N–H and O–H groups in total. The van der Waals surface area contributed by atoms with Crippen molar-refractivity contribution < 1.29 is 14.3 Å². The normalized spacial score (nSPS) is 16.6. The number of carbonyl (C=O) groups is 1. The van der Waals surface area contributed by atoms with E-state index in [0.29, 0.717) is 55.3 Å². The summed E-state index contributed by atoms with van der Waals surface area (Å²) < 4.78 is 11.1. The zero-order valence-corrected chi connectivity index (χ0v) is 17.2. The highest BCUT2D eigenvalue weighted by atomic mass is 35.5. The monoisotopic (exact) mass is 426 g/mol. The number of fused-ring (bicyclic) bond motifs is 2. The molecule has 0 spiro atoms. The number of nitrogens with one attached hydrogen (secondary N) is 2. The Morgan fingerprint density at radius 2 is 2.00 bits per heavy atom. The van der Waals surface area contributed by atoms with Crippen LogP contribution in [-0.4, -0.2) is 47.2 Å². The van der Waals surface area contributed by atoms with Gasteiger partial charge in [0.05, 0.1) is 16.1 Å². The van der Waals surface area contributed by atoms with Crippen LogP contribution in [0, 0.1) is 0 Å². The first-order valence-electron chi connectivity index (χ1n) is 10.2. The van der Waals surface area contributed by atoms with Gasteiger partial charge in [-0.05, 0) is 42.7 Å². The standard InChI is InChI=1S/C22H23ClN4O3/c23-16-11-14(12-19-20(16)30-10-9-29-19)13-24-22(28)27-7-5-15(6-8-27)21-25-17-3-1-2-4-18(17)26-21/h1-4,11-12,15H,5-10,13H2,(H,24,28)(H,25,26). The molecule has 3 heterocycles. The number of imidazole rings is 1. The lowest BCUT2D eigenvalue weighted by atomic mass is 9.96. The van der Waals surface area contributed by atoms with Gasteiger partial charge in [0.15, 0.2) is 11.5 Å². The Bertz CT molecular complexity index is 1040. The van der Waals surface area contributed by atoms with Gasteiger partial charge in [0.2, 0.25) is 0 Å². The number of ether oxygens (including phenoxy) is 2. The van der Waals surface area contributed by atoms with Crippen LogP contribution in [-0.2, 0) is 6.54 Å². The van der Waals surface area contributed by atoms with Crippen LogP contribution in [0.5, 0.6) is 11.5 Å². The van der Waals surface area contributed by atoms with Crippen molar-refractivity contribution in [3.05, 3.63) is 52.8 Å². The summed E-state index contributed by atoms with van der Waals surface area (Å²) in [5.74, 6) is 2.57. The van der Waals surface area contributed by atoms with E-state index < -0.39 is 0 Å². The summed E-state index contributed by atoms with van der Waals surface area (Å²) in [6.45, 7) is 2.79. The van der Waals surface area contributed by atoms with E-state index in [1.807, 2.05) is 41.3 Å². The predicted octanol–water partition coefficient (Wildman–Crippen LogP) is 4.08. The predicted molar refractivity (Wildman–Crippen MR) is 114 cm³/mol. The van der Waals surface area contributed by atoms with Crippen LogP contribution in [0.3, 0.4) is 0 Å². The van der Waals surface area contributed by atoms with E-state index in [-0.39, 0.29) is 6.03 Å². The molecule has 8 heteroatoms. The maximum Gasteiger partial charge on any atom is 0.317 e. The fourth-order valence-corrected chi connectivity index (χ4v) is 4.37. The number of hydrogen-bond acceptors (Lipinski definition) is 4. The van der Waals surface area contributed by atoms with Crippen LogP contribution in [0.1, 0.15) is 30.1 Å². The maximum atomic E-state index is 12.6. The zero-order chi connectivity index (χ0) is 20.5. The molecule has 0 radical (unpaired) electrons. The van der Waals surface area contributed by atoms with Gasteiger partial charge in [-0.1, -0.05) is 23.7 Å². The number of nitrogens with zero attached hydrogens (tertiary/aromatic N) is 2. The molecule has 2 amide bonds. The number of halogens is 1. The second-order valence-electron chi connectivity index (χ2n) is 7.66. The number of hydrogen-bond donors (Lipinski definition) is 2. The van der Waals surface area contributed by atoms with Crippen LogP contribution < -0.4 is 14.8 Å². The molecular formula is C22H23ClN4O3. The van der Waals surface area contributed by atoms with Gasteiger partial charge >= 0.3 is 6.03 Å². The molecule has 3 aromatic rings. The summed E-state index contributed by atoms with van der Waals surface area (Å²) in [5.41, 5.74) is 2.94. The van der Waals surface area contributed by atoms with E-state index in [0.717, 1.165) is 35.3 Å². The summed E-state index contributed by atoms with van der Waals surface area (Å²) in [7, 11) is 0. The van der Waals surface area contributed by atoms with Crippen molar-refractivity contribution in [3.63, 3.8) is 0 Å². The Morgan fingerprint density at radius 1 is 1.20 bits per heavy atom. The molecule has 1 saturated heterocycles. The molecule has 156 valence electrons. The molecule has 0 saturated carbocycles. The van der Waals surface area contributed by atoms with Crippen LogP contribution in [0.2, 0.25) is 5.02 Å². The van der Waals surface area contributed by atoms with Crippen molar-refractivity contribution in [3.8, 4) is 11.5 Å². The van der Waals surface area contributed by atoms with Gasteiger partial charge in [-0.2, -0.15) is 0 Å². The Balaban J connectivity index is 1.17. The Kier molecular flexibility index (Phi) is 5.12. The zero-order valence-electron chi connectivity index (χ0n) is 16.5. The third kappa shape index (κ3) is 3.77. The first kappa shape index (κ1) is 19.1. The average molecular weight is 427 g/mol. The molecule has 2 aliphatic heterocycles. The van der Waals surface area contributed by atoms with Crippen LogP contribution in [0.4, 0.5) is 4.79 Å². The van der Waals surface area contributed by atoms with Crippen LogP contribution >= 0.6 is 11.6 Å². The number of piperidine rings is 1. The highest BCUT2D eigenvalue weighted by Crippen LogP contribution is 2.38. The molecular weight excluding hydrogens is 404 g/mol. The lowest BCUT2D eigenvalue weighted by molar-refractivity contribution is 0.171. The third-order valence-corrected chi connectivity index (χ3v) is 5.96. The fourth-order valence-electron chi connectivity index (χ4n) is 4.08. The SMILES string of the molecule is O=C(NCc1cc(Cl)c2c(c1)OCCO2)N1CCC(c2nc3ccccc3[nH]2)CC1. The summed E-state index contributed by atoms with van der Waals surface area (Å²) >= 11 is 6.28. The van der Waals surface area contributed by atoms with Gasteiger partial charge in [-0.25, -0.2) is 9.78 Å². The summed E-state index contributed by atoms with van der Waals surface area (Å²) in [5, 5.41) is 3.49. The first-order chi connectivity index (χ1) is 14.7. The number of benzene rings is 2. The van der Waals surface area contributed by atoms with Crippen molar-refractivity contribution in [2.45, 2.75) is 25.3 Å². The number of aromatic nitrogens is 2. The van der Waals surface area contributed by atoms with Crippen LogP contribution in [0.15, 0.2) is 36.4 Å². The van der Waals surface area contributed by atoms with Gasteiger partial charge in [0.25, 0.3) is 0 Å². The van der Waals surface area contributed by atoms with Crippen molar-refractivity contribution >= 4 is 28.7 Å². The number of rotatable bonds is 3. The summed E-state index contributed by atoms with van der Waals surface area (Å²) in [4.78, 5) is 22.6. The van der Waals surface area contributed by atoms with Crippen molar-refractivity contribution in [1.29, 1.82) is 0 Å². The lowest BCUT2D eigenvalue weighted by Gasteiger charge is -2.31. The largest absolute Gasteiger partial charge is 0.486 e. The topological polar surface area (TPSA) is 79.5 Å². The fraction of sp³-hybridized carbons (Fsp3) is 0.364. The Morgan fingerprint density at radius 3 is 2.83 bits per heavy atom. The van der Waals surface area contributed by atoms with E-state index in [1.165, 1.54) is 0 Å². The van der Waals surface area contributed by atoms with E-state index >= 15 is 0 Å². The smallest absolute Gasteiger partial charge is 0.317 e. The molecule has 0 bridgehead atoms. The van der Waals surface area contributed by atoms with Gasteiger partial charge in [0.1, 0.15) is 19.0 Å². The van der Waals surface area contributed by atoms with Gasteiger partial charge in [-0.3, -0.25) is 0 Å². The summed E-state index contributed by atoms with van der Waals surface area (Å²) in [6.07, 6.45) is 1.78. The van der Waals surface area contributed by atoms with Crippen molar-refractivity contribution in [1.82, 2.24) is 20.2 Å². The number of amides is 2. The quantitative estimate of drug-likeness (QED) is 0.661. The molecule has 5 rings (SSSR count). The number of para-hydroxylation sites is 2. The van der Waals surface area contributed by atoms with E-state index in [2.05, 4.69) is 10.3 Å². The minimum atomic E-state index is -0.0657. The van der Waals surface area contributed by atoms with E-state index in [9.17, 15) is 4.79 Å².